The van der Waals surface area contributed by atoms with Crippen molar-refractivity contribution in [1.82, 2.24) is 4.98 Å². The van der Waals surface area contributed by atoms with E-state index in [-0.39, 0.29) is 5.92 Å². The van der Waals surface area contributed by atoms with Crippen molar-refractivity contribution >= 4 is 28.9 Å². The van der Waals surface area contributed by atoms with Crippen LogP contribution in [0.15, 0.2) is 35.8 Å². The second-order valence-corrected chi connectivity index (χ2v) is 6.66. The predicted octanol–water partition coefficient (Wildman–Crippen LogP) is 3.64. The number of nitrogens with zero attached hydrogens (tertiary/aromatic N) is 1. The van der Waals surface area contributed by atoms with Gasteiger partial charge >= 0.3 is 5.97 Å². The smallest absolute Gasteiger partial charge is 0.316 e. The predicted molar refractivity (Wildman–Crippen MR) is 89.3 cm³/mol. The molecule has 1 aliphatic carbocycles. The molecule has 1 saturated carbocycles. The Hall–Kier alpha value is -2.21. The van der Waals surface area contributed by atoms with Gasteiger partial charge in [0.2, 0.25) is 5.91 Å². The highest BCUT2D eigenvalue weighted by Gasteiger charge is 2.36. The molecule has 120 valence electrons. The van der Waals surface area contributed by atoms with Gasteiger partial charge in [0.05, 0.1) is 0 Å². The molecule has 1 amide bonds. The van der Waals surface area contributed by atoms with Crippen LogP contribution in [0.5, 0.6) is 0 Å². The van der Waals surface area contributed by atoms with E-state index >= 15 is 0 Å². The SMILES string of the molecule is O=C(O)C(C(=O)Nc1ccc(-c2nccs2)cc1)C1CCCC1. The zero-order valence-electron chi connectivity index (χ0n) is 12.6. The molecule has 3 rings (SSSR count). The molecule has 0 radical (unpaired) electrons. The fourth-order valence-corrected chi connectivity index (χ4v) is 3.75. The molecular weight excluding hydrogens is 312 g/mol. The van der Waals surface area contributed by atoms with Crippen LogP contribution < -0.4 is 5.32 Å². The molecule has 1 heterocycles. The monoisotopic (exact) mass is 330 g/mol. The van der Waals surface area contributed by atoms with Crippen LogP contribution >= 0.6 is 11.3 Å². The lowest BCUT2D eigenvalue weighted by Crippen LogP contribution is -2.34. The normalized spacial score (nSPS) is 16.2. The van der Waals surface area contributed by atoms with Crippen LogP contribution in [-0.4, -0.2) is 22.0 Å². The first-order valence-electron chi connectivity index (χ1n) is 7.69. The largest absolute Gasteiger partial charge is 0.481 e. The number of amides is 1. The van der Waals surface area contributed by atoms with Gasteiger partial charge in [0.25, 0.3) is 0 Å². The number of rotatable bonds is 5. The highest BCUT2D eigenvalue weighted by molar-refractivity contribution is 7.13. The van der Waals surface area contributed by atoms with E-state index in [0.29, 0.717) is 5.69 Å². The van der Waals surface area contributed by atoms with Crippen LogP contribution in [0.25, 0.3) is 10.6 Å². The van der Waals surface area contributed by atoms with Crippen LogP contribution in [0.2, 0.25) is 0 Å². The van der Waals surface area contributed by atoms with Gasteiger partial charge in [-0.1, -0.05) is 12.8 Å². The first-order valence-corrected chi connectivity index (χ1v) is 8.57. The Kier molecular flexibility index (Phi) is 4.71. The molecule has 1 aromatic carbocycles. The molecule has 5 nitrogen and oxygen atoms in total. The topological polar surface area (TPSA) is 79.3 Å². The molecular formula is C17H18N2O3S. The molecule has 1 unspecified atom stereocenters. The Balaban J connectivity index is 1.70. The standard InChI is InChI=1S/C17H18N2O3S/c20-15(14(17(21)22)11-3-1-2-4-11)19-13-7-5-12(6-8-13)16-18-9-10-23-16/h5-11,14H,1-4H2,(H,19,20)(H,21,22). The number of aliphatic carboxylic acids is 1. The van der Waals surface area contributed by atoms with Crippen molar-refractivity contribution in [1.29, 1.82) is 0 Å². The van der Waals surface area contributed by atoms with Crippen LogP contribution in [0.4, 0.5) is 5.69 Å². The maximum absolute atomic E-state index is 12.4. The number of nitrogens with one attached hydrogen (secondary N) is 1. The lowest BCUT2D eigenvalue weighted by Gasteiger charge is -2.18. The summed E-state index contributed by atoms with van der Waals surface area (Å²) in [4.78, 5) is 28.0. The van der Waals surface area contributed by atoms with E-state index in [4.69, 9.17) is 0 Å². The Morgan fingerprint density at radius 3 is 2.48 bits per heavy atom. The van der Waals surface area contributed by atoms with Crippen LogP contribution in [-0.2, 0) is 9.59 Å². The quantitative estimate of drug-likeness (QED) is 0.820. The first-order chi connectivity index (χ1) is 11.1. The molecule has 0 bridgehead atoms. The van der Waals surface area contributed by atoms with Crippen molar-refractivity contribution in [3.63, 3.8) is 0 Å². The maximum Gasteiger partial charge on any atom is 0.316 e. The van der Waals surface area contributed by atoms with Gasteiger partial charge in [0.1, 0.15) is 10.9 Å². The van der Waals surface area contributed by atoms with Crippen molar-refractivity contribution in [2.45, 2.75) is 25.7 Å². The summed E-state index contributed by atoms with van der Waals surface area (Å²) < 4.78 is 0. The molecule has 2 N–H and O–H groups in total. The van der Waals surface area contributed by atoms with E-state index in [9.17, 15) is 14.7 Å². The minimum Gasteiger partial charge on any atom is -0.481 e. The minimum atomic E-state index is -1.03. The van der Waals surface area contributed by atoms with E-state index in [0.717, 1.165) is 36.3 Å². The minimum absolute atomic E-state index is 0.0536. The van der Waals surface area contributed by atoms with Gasteiger partial charge in [-0.05, 0) is 43.0 Å². The second kappa shape index (κ2) is 6.91. The van der Waals surface area contributed by atoms with E-state index in [1.54, 1.807) is 29.7 Å². The van der Waals surface area contributed by atoms with E-state index in [2.05, 4.69) is 10.3 Å². The number of carboxylic acids is 1. The number of carboxylic acid groups (broad SMARTS) is 1. The Labute approximate surface area is 138 Å². The third-order valence-electron chi connectivity index (χ3n) is 4.25. The number of carbonyl (C=O) groups excluding carboxylic acids is 1. The van der Waals surface area contributed by atoms with Crippen LogP contribution in [0, 0.1) is 11.8 Å². The molecule has 1 atom stereocenters. The fraction of sp³-hybridized carbons (Fsp3) is 0.353. The van der Waals surface area contributed by atoms with Crippen molar-refractivity contribution in [2.24, 2.45) is 11.8 Å². The number of aromatic nitrogens is 1. The molecule has 1 aromatic heterocycles. The molecule has 1 aliphatic rings. The molecule has 6 heteroatoms. The van der Waals surface area contributed by atoms with Gasteiger partial charge in [0.15, 0.2) is 0 Å². The van der Waals surface area contributed by atoms with E-state index in [1.807, 2.05) is 17.5 Å². The zero-order valence-corrected chi connectivity index (χ0v) is 13.4. The van der Waals surface area contributed by atoms with Gasteiger partial charge in [-0.25, -0.2) is 4.98 Å². The summed E-state index contributed by atoms with van der Waals surface area (Å²) in [6, 6.07) is 7.31. The molecule has 2 aromatic rings. The van der Waals surface area contributed by atoms with E-state index in [1.165, 1.54) is 0 Å². The third kappa shape index (κ3) is 3.59. The third-order valence-corrected chi connectivity index (χ3v) is 5.07. The first kappa shape index (κ1) is 15.7. The summed E-state index contributed by atoms with van der Waals surface area (Å²) in [5.41, 5.74) is 1.59. The average molecular weight is 330 g/mol. The van der Waals surface area contributed by atoms with E-state index < -0.39 is 17.8 Å². The fourth-order valence-electron chi connectivity index (χ4n) is 3.10. The Bertz CT molecular complexity index is 676. The Morgan fingerprint density at radius 1 is 1.22 bits per heavy atom. The molecule has 0 spiro atoms. The number of carbonyl (C=O) groups is 2. The summed E-state index contributed by atoms with van der Waals surface area (Å²) in [5.74, 6) is -2.47. The van der Waals surface area contributed by atoms with Gasteiger partial charge in [-0.3, -0.25) is 9.59 Å². The molecule has 1 fully saturated rings. The van der Waals surface area contributed by atoms with Crippen molar-refractivity contribution in [2.75, 3.05) is 5.32 Å². The summed E-state index contributed by atoms with van der Waals surface area (Å²) in [6.45, 7) is 0. The summed E-state index contributed by atoms with van der Waals surface area (Å²) in [5, 5.41) is 14.9. The maximum atomic E-state index is 12.4. The highest BCUT2D eigenvalue weighted by atomic mass is 32.1. The number of hydrogen-bond donors (Lipinski definition) is 2. The second-order valence-electron chi connectivity index (χ2n) is 5.76. The molecule has 0 saturated heterocycles. The lowest BCUT2D eigenvalue weighted by molar-refractivity contribution is -0.147. The number of thiazole rings is 1. The summed E-state index contributed by atoms with van der Waals surface area (Å²) in [7, 11) is 0. The summed E-state index contributed by atoms with van der Waals surface area (Å²) >= 11 is 1.55. The summed E-state index contributed by atoms with van der Waals surface area (Å²) in [6.07, 6.45) is 5.38. The number of anilines is 1. The van der Waals surface area contributed by atoms with Crippen molar-refractivity contribution in [3.05, 3.63) is 35.8 Å². The van der Waals surface area contributed by atoms with Crippen LogP contribution in [0.1, 0.15) is 25.7 Å². The van der Waals surface area contributed by atoms with Gasteiger partial charge in [-0.2, -0.15) is 0 Å². The Morgan fingerprint density at radius 2 is 1.91 bits per heavy atom. The molecule has 23 heavy (non-hydrogen) atoms. The average Bonchev–Trinajstić information content (AvgIpc) is 3.21. The lowest BCUT2D eigenvalue weighted by atomic mass is 9.90. The molecule has 0 aliphatic heterocycles. The van der Waals surface area contributed by atoms with Gasteiger partial charge in [-0.15, -0.1) is 11.3 Å². The van der Waals surface area contributed by atoms with Gasteiger partial charge in [0, 0.05) is 22.8 Å². The van der Waals surface area contributed by atoms with Crippen LogP contribution in [0.3, 0.4) is 0 Å². The highest BCUT2D eigenvalue weighted by Crippen LogP contribution is 2.32. The zero-order chi connectivity index (χ0) is 16.2. The van der Waals surface area contributed by atoms with Crippen molar-refractivity contribution in [3.8, 4) is 10.6 Å². The van der Waals surface area contributed by atoms with Crippen molar-refractivity contribution < 1.29 is 14.7 Å². The van der Waals surface area contributed by atoms with Gasteiger partial charge < -0.3 is 10.4 Å². The number of hydrogen-bond acceptors (Lipinski definition) is 4. The number of benzene rings is 1.